The smallest absolute Gasteiger partial charge is 0.157 e. The largest absolute Gasteiger partial charge is 0.363 e. The van der Waals surface area contributed by atoms with Crippen molar-refractivity contribution < 1.29 is 4.39 Å². The van der Waals surface area contributed by atoms with Crippen molar-refractivity contribution in [1.82, 2.24) is 19.9 Å². The van der Waals surface area contributed by atoms with Gasteiger partial charge in [-0.25, -0.2) is 9.37 Å². The standard InChI is InChI=1S/C23H24FN5/c1-17(20-9-5-6-10-21(20)24)27-23-15-19(28-22-12-14-26-29(22)23)11-13-25-16-18-7-3-2-4-8-18/h2-10,12,14-15,17,25,27H,11,13,16H2,1H3. The maximum atomic E-state index is 14.1. The molecule has 148 valence electrons. The molecule has 4 rings (SSSR count). The first-order chi connectivity index (χ1) is 14.2. The second-order valence-electron chi connectivity index (χ2n) is 7.03. The molecule has 0 saturated heterocycles. The molecule has 0 fully saturated rings. The Morgan fingerprint density at radius 2 is 1.83 bits per heavy atom. The summed E-state index contributed by atoms with van der Waals surface area (Å²) in [5.74, 6) is 0.581. The van der Waals surface area contributed by atoms with E-state index in [0.29, 0.717) is 5.56 Å². The molecule has 0 radical (unpaired) electrons. The number of nitrogens with zero attached hydrogens (tertiary/aromatic N) is 3. The number of rotatable bonds is 8. The van der Waals surface area contributed by atoms with Crippen molar-refractivity contribution in [2.24, 2.45) is 0 Å². The summed E-state index contributed by atoms with van der Waals surface area (Å²) in [6.07, 6.45) is 2.51. The molecule has 0 aliphatic rings. The molecule has 2 aromatic carbocycles. The van der Waals surface area contributed by atoms with Crippen LogP contribution in [0.25, 0.3) is 5.65 Å². The van der Waals surface area contributed by atoms with Crippen LogP contribution >= 0.6 is 0 Å². The van der Waals surface area contributed by atoms with Crippen molar-refractivity contribution in [2.75, 3.05) is 11.9 Å². The molecule has 29 heavy (non-hydrogen) atoms. The summed E-state index contributed by atoms with van der Waals surface area (Å²) in [6.45, 7) is 3.58. The Labute approximate surface area is 169 Å². The number of hydrogen-bond donors (Lipinski definition) is 2. The summed E-state index contributed by atoms with van der Waals surface area (Å²) in [5.41, 5.74) is 3.61. The highest BCUT2D eigenvalue weighted by Gasteiger charge is 2.13. The fourth-order valence-electron chi connectivity index (χ4n) is 3.37. The number of aromatic nitrogens is 3. The van der Waals surface area contributed by atoms with E-state index in [1.165, 1.54) is 11.6 Å². The normalized spacial score (nSPS) is 12.2. The molecule has 6 heteroatoms. The Kier molecular flexibility index (Phi) is 5.81. The molecule has 2 heterocycles. The zero-order chi connectivity index (χ0) is 20.1. The van der Waals surface area contributed by atoms with Crippen LogP contribution in [0.1, 0.15) is 29.8 Å². The predicted octanol–water partition coefficient (Wildman–Crippen LogP) is 4.37. The number of benzene rings is 2. The molecule has 0 aliphatic heterocycles. The average Bonchev–Trinajstić information content (AvgIpc) is 3.21. The fraction of sp³-hybridized carbons (Fsp3) is 0.217. The lowest BCUT2D eigenvalue weighted by Gasteiger charge is -2.18. The highest BCUT2D eigenvalue weighted by molar-refractivity contribution is 5.50. The van der Waals surface area contributed by atoms with Gasteiger partial charge in [0.05, 0.1) is 12.2 Å². The average molecular weight is 389 g/mol. The van der Waals surface area contributed by atoms with Gasteiger partial charge in [0.25, 0.3) is 0 Å². The van der Waals surface area contributed by atoms with Crippen molar-refractivity contribution in [3.8, 4) is 0 Å². The number of fused-ring (bicyclic) bond motifs is 1. The van der Waals surface area contributed by atoms with Crippen LogP contribution < -0.4 is 10.6 Å². The maximum absolute atomic E-state index is 14.1. The molecular formula is C23H24FN5. The highest BCUT2D eigenvalue weighted by atomic mass is 19.1. The number of nitrogens with one attached hydrogen (secondary N) is 2. The van der Waals surface area contributed by atoms with Crippen molar-refractivity contribution in [3.05, 3.63) is 95.6 Å². The zero-order valence-corrected chi connectivity index (χ0v) is 16.3. The summed E-state index contributed by atoms with van der Waals surface area (Å²) in [7, 11) is 0. The Bertz CT molecular complexity index is 1080. The van der Waals surface area contributed by atoms with E-state index in [4.69, 9.17) is 0 Å². The van der Waals surface area contributed by atoms with Gasteiger partial charge in [0.2, 0.25) is 0 Å². The van der Waals surface area contributed by atoms with E-state index in [1.54, 1.807) is 22.8 Å². The van der Waals surface area contributed by atoms with E-state index in [-0.39, 0.29) is 11.9 Å². The van der Waals surface area contributed by atoms with Crippen LogP contribution in [-0.4, -0.2) is 21.1 Å². The molecule has 1 unspecified atom stereocenters. The van der Waals surface area contributed by atoms with Crippen LogP contribution in [0.5, 0.6) is 0 Å². The Hall–Kier alpha value is -3.25. The molecule has 0 amide bonds. The highest BCUT2D eigenvalue weighted by Crippen LogP contribution is 2.22. The molecule has 0 aliphatic carbocycles. The van der Waals surface area contributed by atoms with Crippen LogP contribution in [0.2, 0.25) is 0 Å². The third kappa shape index (κ3) is 4.60. The Morgan fingerprint density at radius 1 is 1.03 bits per heavy atom. The van der Waals surface area contributed by atoms with Gasteiger partial charge in [-0.15, -0.1) is 0 Å². The molecule has 0 bridgehead atoms. The van der Waals surface area contributed by atoms with Gasteiger partial charge in [0, 0.05) is 42.9 Å². The van der Waals surface area contributed by atoms with Gasteiger partial charge < -0.3 is 10.6 Å². The molecule has 2 N–H and O–H groups in total. The lowest BCUT2D eigenvalue weighted by molar-refractivity contribution is 0.599. The molecular weight excluding hydrogens is 365 g/mol. The molecule has 5 nitrogen and oxygen atoms in total. The van der Waals surface area contributed by atoms with E-state index in [0.717, 1.165) is 36.7 Å². The van der Waals surface area contributed by atoms with Crippen molar-refractivity contribution >= 4 is 11.5 Å². The van der Waals surface area contributed by atoms with Gasteiger partial charge in [0.1, 0.15) is 11.6 Å². The van der Waals surface area contributed by atoms with Gasteiger partial charge >= 0.3 is 0 Å². The van der Waals surface area contributed by atoms with Gasteiger partial charge in [-0.1, -0.05) is 48.5 Å². The van der Waals surface area contributed by atoms with Crippen molar-refractivity contribution in [2.45, 2.75) is 25.9 Å². The molecule has 4 aromatic rings. The van der Waals surface area contributed by atoms with Gasteiger partial charge in [-0.05, 0) is 18.6 Å². The van der Waals surface area contributed by atoms with Gasteiger partial charge in [-0.2, -0.15) is 9.61 Å². The maximum Gasteiger partial charge on any atom is 0.157 e. The van der Waals surface area contributed by atoms with Gasteiger partial charge in [-0.3, -0.25) is 0 Å². The molecule has 1 atom stereocenters. The monoisotopic (exact) mass is 389 g/mol. The Morgan fingerprint density at radius 3 is 2.66 bits per heavy atom. The summed E-state index contributed by atoms with van der Waals surface area (Å²) < 4.78 is 15.9. The summed E-state index contributed by atoms with van der Waals surface area (Å²) in [6, 6.07) is 20.8. The number of anilines is 1. The number of halogens is 1. The summed E-state index contributed by atoms with van der Waals surface area (Å²) >= 11 is 0. The van der Waals surface area contributed by atoms with Crippen molar-refractivity contribution in [1.29, 1.82) is 0 Å². The minimum absolute atomic E-state index is 0.199. The van der Waals surface area contributed by atoms with E-state index in [2.05, 4.69) is 32.8 Å². The quantitative estimate of drug-likeness (QED) is 0.439. The second-order valence-corrected chi connectivity index (χ2v) is 7.03. The molecule has 2 aromatic heterocycles. The van der Waals surface area contributed by atoms with E-state index in [1.807, 2.05) is 43.3 Å². The zero-order valence-electron chi connectivity index (χ0n) is 16.3. The second kappa shape index (κ2) is 8.84. The number of hydrogen-bond acceptors (Lipinski definition) is 4. The van der Waals surface area contributed by atoms with Crippen molar-refractivity contribution in [3.63, 3.8) is 0 Å². The summed E-state index contributed by atoms with van der Waals surface area (Å²) in [5, 5.41) is 11.2. The van der Waals surface area contributed by atoms with Crippen LogP contribution in [-0.2, 0) is 13.0 Å². The first-order valence-electron chi connectivity index (χ1n) is 9.80. The third-order valence-electron chi connectivity index (χ3n) is 4.88. The predicted molar refractivity (Wildman–Crippen MR) is 113 cm³/mol. The van der Waals surface area contributed by atoms with Crippen LogP contribution in [0.3, 0.4) is 0 Å². The minimum Gasteiger partial charge on any atom is -0.363 e. The van der Waals surface area contributed by atoms with E-state index in [9.17, 15) is 4.39 Å². The van der Waals surface area contributed by atoms with E-state index >= 15 is 0 Å². The molecule has 0 saturated carbocycles. The van der Waals surface area contributed by atoms with Crippen LogP contribution in [0.15, 0.2) is 72.9 Å². The summed E-state index contributed by atoms with van der Waals surface area (Å²) in [4.78, 5) is 4.68. The van der Waals surface area contributed by atoms with Crippen LogP contribution in [0, 0.1) is 5.82 Å². The first-order valence-corrected chi connectivity index (χ1v) is 9.80. The third-order valence-corrected chi connectivity index (χ3v) is 4.88. The lowest BCUT2D eigenvalue weighted by atomic mass is 10.1. The van der Waals surface area contributed by atoms with Crippen LogP contribution in [0.4, 0.5) is 10.2 Å². The molecule has 0 spiro atoms. The first kappa shape index (κ1) is 19.1. The minimum atomic E-state index is -0.219. The SMILES string of the molecule is CC(Nc1cc(CCNCc2ccccc2)nc2ccnn12)c1ccccc1F. The van der Waals surface area contributed by atoms with E-state index < -0.39 is 0 Å². The van der Waals surface area contributed by atoms with Gasteiger partial charge in [0.15, 0.2) is 5.65 Å². The fourth-order valence-corrected chi connectivity index (χ4v) is 3.37. The topological polar surface area (TPSA) is 54.2 Å². The lowest BCUT2D eigenvalue weighted by Crippen LogP contribution is -2.18. The Balaban J connectivity index is 1.46.